The summed E-state index contributed by atoms with van der Waals surface area (Å²) in [6, 6.07) is 0.257. The molecule has 2 N–H and O–H groups in total. The summed E-state index contributed by atoms with van der Waals surface area (Å²) in [5.74, 6) is 0.483. The molecule has 1 aromatic rings. The smallest absolute Gasteiger partial charge is 0.234 e. The molecule has 14 heavy (non-hydrogen) atoms. The van der Waals surface area contributed by atoms with Crippen molar-refractivity contribution in [3.63, 3.8) is 0 Å². The third-order valence-corrected chi connectivity index (χ3v) is 2.48. The zero-order valence-electron chi connectivity index (χ0n) is 7.69. The Labute approximate surface area is 87.4 Å². The number of nitrogens with two attached hydrogens (primary N) is 1. The number of nitrogens with zero attached hydrogens (tertiary/aromatic N) is 2. The molecule has 0 radical (unpaired) electrons. The third kappa shape index (κ3) is 2.33. The molecule has 1 aliphatic carbocycles. The summed E-state index contributed by atoms with van der Waals surface area (Å²) in [5, 5.41) is 0.352. The minimum atomic E-state index is 0.165. The average Bonchev–Trinajstić information content (AvgIpc) is 2.51. The van der Waals surface area contributed by atoms with E-state index in [4.69, 9.17) is 22.1 Å². The van der Waals surface area contributed by atoms with Crippen LogP contribution in [0.5, 0.6) is 5.88 Å². The molecular weight excluding hydrogens is 202 g/mol. The number of aromatic nitrogens is 2. The minimum absolute atomic E-state index is 0.165. The summed E-state index contributed by atoms with van der Waals surface area (Å²) in [4.78, 5) is 7.90. The summed E-state index contributed by atoms with van der Waals surface area (Å²) in [5.41, 5.74) is 5.77. The third-order valence-electron chi connectivity index (χ3n) is 2.30. The van der Waals surface area contributed by atoms with Crippen molar-refractivity contribution in [1.29, 1.82) is 0 Å². The zero-order chi connectivity index (χ0) is 9.97. The van der Waals surface area contributed by atoms with Gasteiger partial charge in [-0.05, 0) is 19.3 Å². The molecule has 0 saturated heterocycles. The van der Waals surface area contributed by atoms with E-state index in [2.05, 4.69) is 9.97 Å². The van der Waals surface area contributed by atoms with Crippen molar-refractivity contribution < 1.29 is 4.74 Å². The molecule has 2 atom stereocenters. The predicted molar refractivity (Wildman–Crippen MR) is 53.3 cm³/mol. The van der Waals surface area contributed by atoms with Crippen LogP contribution in [-0.2, 0) is 0 Å². The molecule has 1 fully saturated rings. The van der Waals surface area contributed by atoms with Crippen molar-refractivity contribution in [2.24, 2.45) is 5.73 Å². The fourth-order valence-electron chi connectivity index (χ4n) is 1.63. The quantitative estimate of drug-likeness (QED) is 0.807. The minimum Gasteiger partial charge on any atom is -0.473 e. The van der Waals surface area contributed by atoms with Crippen LogP contribution in [-0.4, -0.2) is 22.1 Å². The number of hydrogen-bond acceptors (Lipinski definition) is 4. The zero-order valence-corrected chi connectivity index (χ0v) is 8.44. The van der Waals surface area contributed by atoms with E-state index in [0.29, 0.717) is 11.0 Å². The van der Waals surface area contributed by atoms with Gasteiger partial charge in [0, 0.05) is 6.04 Å². The second kappa shape index (κ2) is 4.11. The van der Waals surface area contributed by atoms with Crippen molar-refractivity contribution in [2.75, 3.05) is 0 Å². The Morgan fingerprint density at radius 1 is 1.43 bits per heavy atom. The second-order valence-corrected chi connectivity index (χ2v) is 3.88. The van der Waals surface area contributed by atoms with Gasteiger partial charge in [-0.25, -0.2) is 0 Å². The molecule has 0 aromatic carbocycles. The topological polar surface area (TPSA) is 61.0 Å². The van der Waals surface area contributed by atoms with Crippen molar-refractivity contribution in [3.05, 3.63) is 17.5 Å². The summed E-state index contributed by atoms with van der Waals surface area (Å²) in [6.07, 6.45) is 6.09. The first-order valence-electron chi connectivity index (χ1n) is 4.64. The fraction of sp³-hybridized carbons (Fsp3) is 0.556. The number of rotatable bonds is 2. The molecule has 2 rings (SSSR count). The lowest BCUT2D eigenvalue weighted by Crippen LogP contribution is -2.19. The first-order chi connectivity index (χ1) is 6.74. The highest BCUT2D eigenvalue weighted by atomic mass is 35.5. The first kappa shape index (κ1) is 9.68. The van der Waals surface area contributed by atoms with Gasteiger partial charge in [0.1, 0.15) is 6.10 Å². The molecule has 2 unspecified atom stereocenters. The van der Waals surface area contributed by atoms with E-state index in [1.807, 2.05) is 0 Å². The Morgan fingerprint density at radius 3 is 2.93 bits per heavy atom. The van der Waals surface area contributed by atoms with Crippen molar-refractivity contribution in [2.45, 2.75) is 31.4 Å². The van der Waals surface area contributed by atoms with Gasteiger partial charge in [-0.2, -0.15) is 4.98 Å². The van der Waals surface area contributed by atoms with Crippen LogP contribution in [0.15, 0.2) is 12.4 Å². The molecule has 76 valence electrons. The molecule has 4 nitrogen and oxygen atoms in total. The Balaban J connectivity index is 1.97. The highest BCUT2D eigenvalue weighted by Crippen LogP contribution is 2.22. The van der Waals surface area contributed by atoms with Gasteiger partial charge in [0.2, 0.25) is 5.88 Å². The normalized spacial score (nSPS) is 26.4. The standard InChI is InChI=1S/C9H12ClN3O/c10-8-4-12-5-9(13-8)14-7-2-1-6(11)3-7/h4-7H,1-3,11H2. The molecule has 1 aromatic heterocycles. The van der Waals surface area contributed by atoms with E-state index in [-0.39, 0.29) is 12.1 Å². The van der Waals surface area contributed by atoms with E-state index < -0.39 is 0 Å². The predicted octanol–water partition coefficient (Wildman–Crippen LogP) is 1.39. The molecule has 0 bridgehead atoms. The van der Waals surface area contributed by atoms with Crippen LogP contribution in [0.2, 0.25) is 5.15 Å². The van der Waals surface area contributed by atoms with E-state index in [1.165, 1.54) is 6.20 Å². The van der Waals surface area contributed by atoms with E-state index >= 15 is 0 Å². The first-order valence-corrected chi connectivity index (χ1v) is 5.01. The number of ether oxygens (including phenoxy) is 1. The van der Waals surface area contributed by atoms with Gasteiger partial charge in [-0.3, -0.25) is 4.98 Å². The number of halogens is 1. The summed E-state index contributed by atoms with van der Waals surface area (Å²) >= 11 is 5.68. The number of hydrogen-bond donors (Lipinski definition) is 1. The van der Waals surface area contributed by atoms with Crippen molar-refractivity contribution in [1.82, 2.24) is 9.97 Å². The lowest BCUT2D eigenvalue weighted by Gasteiger charge is -2.11. The van der Waals surface area contributed by atoms with Crippen molar-refractivity contribution in [3.8, 4) is 5.88 Å². The molecule has 0 amide bonds. The molecular formula is C9H12ClN3O. The highest BCUT2D eigenvalue weighted by molar-refractivity contribution is 6.29. The lowest BCUT2D eigenvalue weighted by molar-refractivity contribution is 0.199. The van der Waals surface area contributed by atoms with E-state index in [0.717, 1.165) is 19.3 Å². The van der Waals surface area contributed by atoms with Crippen LogP contribution in [0.3, 0.4) is 0 Å². The summed E-state index contributed by atoms with van der Waals surface area (Å²) < 4.78 is 5.59. The molecule has 0 spiro atoms. The van der Waals surface area contributed by atoms with Gasteiger partial charge in [-0.15, -0.1) is 0 Å². The monoisotopic (exact) mass is 213 g/mol. The molecule has 1 aliphatic rings. The molecule has 1 saturated carbocycles. The largest absolute Gasteiger partial charge is 0.473 e. The van der Waals surface area contributed by atoms with Gasteiger partial charge in [0.05, 0.1) is 12.4 Å². The van der Waals surface area contributed by atoms with Gasteiger partial charge < -0.3 is 10.5 Å². The van der Waals surface area contributed by atoms with Gasteiger partial charge in [-0.1, -0.05) is 11.6 Å². The maximum atomic E-state index is 5.77. The average molecular weight is 214 g/mol. The van der Waals surface area contributed by atoms with Gasteiger partial charge in [0.15, 0.2) is 5.15 Å². The Hall–Kier alpha value is -0.870. The van der Waals surface area contributed by atoms with Gasteiger partial charge >= 0.3 is 0 Å². The van der Waals surface area contributed by atoms with Crippen LogP contribution in [0.25, 0.3) is 0 Å². The summed E-state index contributed by atoms with van der Waals surface area (Å²) in [6.45, 7) is 0. The maximum absolute atomic E-state index is 5.77. The molecule has 0 aliphatic heterocycles. The van der Waals surface area contributed by atoms with Crippen LogP contribution >= 0.6 is 11.6 Å². The van der Waals surface area contributed by atoms with E-state index in [9.17, 15) is 0 Å². The lowest BCUT2D eigenvalue weighted by atomic mass is 10.3. The van der Waals surface area contributed by atoms with Crippen LogP contribution in [0, 0.1) is 0 Å². The fourth-order valence-corrected chi connectivity index (χ4v) is 1.77. The molecule has 5 heteroatoms. The maximum Gasteiger partial charge on any atom is 0.234 e. The van der Waals surface area contributed by atoms with E-state index in [1.54, 1.807) is 6.20 Å². The highest BCUT2D eigenvalue weighted by Gasteiger charge is 2.23. The van der Waals surface area contributed by atoms with Gasteiger partial charge in [0.25, 0.3) is 0 Å². The summed E-state index contributed by atoms with van der Waals surface area (Å²) in [7, 11) is 0. The second-order valence-electron chi connectivity index (χ2n) is 3.49. The molecule has 1 heterocycles. The Bertz CT molecular complexity index is 321. The Kier molecular flexibility index (Phi) is 2.84. The van der Waals surface area contributed by atoms with Crippen molar-refractivity contribution >= 4 is 11.6 Å². The SMILES string of the molecule is NC1CCC(Oc2cncc(Cl)n2)C1. The van der Waals surface area contributed by atoms with Crippen LogP contribution < -0.4 is 10.5 Å². The van der Waals surface area contributed by atoms with Crippen LogP contribution in [0.1, 0.15) is 19.3 Å². The Morgan fingerprint density at radius 2 is 2.29 bits per heavy atom. The van der Waals surface area contributed by atoms with Crippen LogP contribution in [0.4, 0.5) is 0 Å².